The summed E-state index contributed by atoms with van der Waals surface area (Å²) in [6.45, 7) is 8.71. The maximum absolute atomic E-state index is 13.1. The van der Waals surface area contributed by atoms with Crippen LogP contribution in [0.25, 0.3) is 0 Å². The number of amides is 2. The zero-order chi connectivity index (χ0) is 24.3. The smallest absolute Gasteiger partial charge is 0.255 e. The van der Waals surface area contributed by atoms with E-state index in [4.69, 9.17) is 18.9 Å². The van der Waals surface area contributed by atoms with Crippen molar-refractivity contribution in [1.82, 2.24) is 0 Å². The molecule has 0 atom stereocenters. The van der Waals surface area contributed by atoms with Crippen molar-refractivity contribution in [2.45, 2.75) is 27.7 Å². The molecule has 3 rings (SSSR count). The summed E-state index contributed by atoms with van der Waals surface area (Å²) in [4.78, 5) is 27.9. The molecule has 0 saturated heterocycles. The number of methoxy groups -OCH3 is 3. The Balaban J connectivity index is 1.92. The van der Waals surface area contributed by atoms with Crippen molar-refractivity contribution in [2.75, 3.05) is 44.7 Å². The SMILES string of the molecule is COc1cc(C(=O)Nc2ccc3c(c2)OCC(C)(C)C(=O)N3CC(C)C)cc(OC)c1OC. The molecule has 2 aromatic carbocycles. The normalized spacial score (nSPS) is 14.8. The summed E-state index contributed by atoms with van der Waals surface area (Å²) < 4.78 is 22.0. The Morgan fingerprint density at radius 3 is 2.27 bits per heavy atom. The summed E-state index contributed by atoms with van der Waals surface area (Å²) in [5.41, 5.74) is 0.931. The number of anilines is 2. The molecular weight excluding hydrogens is 424 g/mol. The van der Waals surface area contributed by atoms with Crippen molar-refractivity contribution in [3.63, 3.8) is 0 Å². The van der Waals surface area contributed by atoms with Crippen LogP contribution >= 0.6 is 0 Å². The predicted octanol–water partition coefficient (Wildman–Crippen LogP) is 4.37. The fourth-order valence-corrected chi connectivity index (χ4v) is 3.69. The molecule has 0 unspecified atom stereocenters. The average molecular weight is 457 g/mol. The number of carbonyl (C=O) groups excluding carboxylic acids is 2. The minimum Gasteiger partial charge on any atom is -0.493 e. The van der Waals surface area contributed by atoms with Crippen molar-refractivity contribution in [3.05, 3.63) is 35.9 Å². The number of nitrogens with zero attached hydrogens (tertiary/aromatic N) is 1. The predicted molar refractivity (Wildman–Crippen MR) is 127 cm³/mol. The zero-order valence-corrected chi connectivity index (χ0v) is 20.3. The first-order chi connectivity index (χ1) is 15.6. The van der Waals surface area contributed by atoms with Gasteiger partial charge >= 0.3 is 0 Å². The number of rotatable bonds is 7. The summed E-state index contributed by atoms with van der Waals surface area (Å²) in [5.74, 6) is 1.69. The summed E-state index contributed by atoms with van der Waals surface area (Å²) in [7, 11) is 4.49. The Hall–Kier alpha value is -3.42. The molecule has 0 aromatic heterocycles. The number of nitrogens with one attached hydrogen (secondary N) is 1. The standard InChI is InChI=1S/C25H32N2O6/c1-15(2)13-27-18-9-8-17(12-19(18)33-14-25(3,4)24(27)29)26-23(28)16-10-20(30-5)22(32-7)21(11-16)31-6/h8-12,15H,13-14H2,1-7H3,(H,26,28). The lowest BCUT2D eigenvalue weighted by Gasteiger charge is -2.29. The highest BCUT2D eigenvalue weighted by Gasteiger charge is 2.38. The largest absolute Gasteiger partial charge is 0.493 e. The number of benzene rings is 2. The Morgan fingerprint density at radius 2 is 1.73 bits per heavy atom. The van der Waals surface area contributed by atoms with Gasteiger partial charge in [-0.1, -0.05) is 13.8 Å². The number of hydrogen-bond donors (Lipinski definition) is 1. The monoisotopic (exact) mass is 456 g/mol. The van der Waals surface area contributed by atoms with Gasteiger partial charge < -0.3 is 29.2 Å². The van der Waals surface area contributed by atoms with Crippen LogP contribution in [0.15, 0.2) is 30.3 Å². The molecule has 1 N–H and O–H groups in total. The molecule has 1 heterocycles. The molecule has 0 radical (unpaired) electrons. The minimum atomic E-state index is -0.659. The summed E-state index contributed by atoms with van der Waals surface area (Å²) >= 11 is 0. The van der Waals surface area contributed by atoms with Crippen LogP contribution in [0.5, 0.6) is 23.0 Å². The molecule has 0 bridgehead atoms. The molecule has 1 aliphatic heterocycles. The first kappa shape index (κ1) is 24.2. The molecule has 0 aliphatic carbocycles. The average Bonchev–Trinajstić information content (AvgIpc) is 2.87. The molecule has 0 fully saturated rings. The Kier molecular flexibility index (Phi) is 7.05. The van der Waals surface area contributed by atoms with Crippen LogP contribution in [-0.4, -0.2) is 46.3 Å². The van der Waals surface area contributed by atoms with Crippen molar-refractivity contribution < 1.29 is 28.5 Å². The van der Waals surface area contributed by atoms with Crippen LogP contribution in [0, 0.1) is 11.3 Å². The highest BCUT2D eigenvalue weighted by atomic mass is 16.5. The van der Waals surface area contributed by atoms with E-state index in [0.717, 1.165) is 0 Å². The van der Waals surface area contributed by atoms with E-state index in [2.05, 4.69) is 19.2 Å². The molecule has 2 aromatic rings. The van der Waals surface area contributed by atoms with Crippen LogP contribution in [0.2, 0.25) is 0 Å². The second-order valence-electron chi connectivity index (χ2n) is 9.03. The number of carbonyl (C=O) groups is 2. The fourth-order valence-electron chi connectivity index (χ4n) is 3.69. The van der Waals surface area contributed by atoms with E-state index in [1.165, 1.54) is 21.3 Å². The van der Waals surface area contributed by atoms with Crippen LogP contribution < -0.4 is 29.2 Å². The highest BCUT2D eigenvalue weighted by Crippen LogP contribution is 2.40. The minimum absolute atomic E-state index is 0.0177. The van der Waals surface area contributed by atoms with Gasteiger partial charge in [0, 0.05) is 23.9 Å². The second-order valence-corrected chi connectivity index (χ2v) is 9.03. The van der Waals surface area contributed by atoms with E-state index in [0.29, 0.717) is 46.5 Å². The Morgan fingerprint density at radius 1 is 1.09 bits per heavy atom. The number of fused-ring (bicyclic) bond motifs is 1. The molecule has 0 saturated carbocycles. The van der Waals surface area contributed by atoms with Gasteiger partial charge in [-0.15, -0.1) is 0 Å². The third kappa shape index (κ3) is 4.99. The first-order valence-corrected chi connectivity index (χ1v) is 10.8. The van der Waals surface area contributed by atoms with Gasteiger partial charge in [0.15, 0.2) is 11.5 Å². The summed E-state index contributed by atoms with van der Waals surface area (Å²) in [5, 5.41) is 2.88. The van der Waals surface area contributed by atoms with Crippen LogP contribution in [-0.2, 0) is 4.79 Å². The van der Waals surface area contributed by atoms with Crippen molar-refractivity contribution in [1.29, 1.82) is 0 Å². The molecule has 178 valence electrons. The van der Waals surface area contributed by atoms with Gasteiger partial charge in [0.2, 0.25) is 11.7 Å². The highest BCUT2D eigenvalue weighted by molar-refractivity contribution is 6.06. The van der Waals surface area contributed by atoms with Crippen molar-refractivity contribution in [3.8, 4) is 23.0 Å². The van der Waals surface area contributed by atoms with Crippen LogP contribution in [0.4, 0.5) is 11.4 Å². The van der Waals surface area contributed by atoms with Crippen molar-refractivity contribution in [2.24, 2.45) is 11.3 Å². The van der Waals surface area contributed by atoms with E-state index in [1.807, 2.05) is 19.9 Å². The lowest BCUT2D eigenvalue weighted by Crippen LogP contribution is -2.43. The third-order valence-electron chi connectivity index (χ3n) is 5.40. The molecule has 1 aliphatic rings. The van der Waals surface area contributed by atoms with Gasteiger partial charge in [-0.05, 0) is 44.0 Å². The van der Waals surface area contributed by atoms with E-state index in [-0.39, 0.29) is 24.3 Å². The fraction of sp³-hybridized carbons (Fsp3) is 0.440. The van der Waals surface area contributed by atoms with Gasteiger partial charge in [0.25, 0.3) is 5.91 Å². The topological polar surface area (TPSA) is 86.3 Å². The maximum atomic E-state index is 13.1. The first-order valence-electron chi connectivity index (χ1n) is 10.8. The van der Waals surface area contributed by atoms with E-state index in [9.17, 15) is 9.59 Å². The van der Waals surface area contributed by atoms with Crippen molar-refractivity contribution >= 4 is 23.2 Å². The summed E-state index contributed by atoms with van der Waals surface area (Å²) in [6.07, 6.45) is 0. The third-order valence-corrected chi connectivity index (χ3v) is 5.40. The Bertz CT molecular complexity index is 1020. The molecular formula is C25H32N2O6. The quantitative estimate of drug-likeness (QED) is 0.666. The molecule has 2 amide bonds. The van der Waals surface area contributed by atoms with Crippen LogP contribution in [0.1, 0.15) is 38.1 Å². The lowest BCUT2D eigenvalue weighted by molar-refractivity contribution is -0.127. The van der Waals surface area contributed by atoms with Gasteiger partial charge in [0.1, 0.15) is 12.4 Å². The Labute approximate surface area is 194 Å². The molecule has 8 nitrogen and oxygen atoms in total. The van der Waals surface area contributed by atoms with E-state index >= 15 is 0 Å². The maximum Gasteiger partial charge on any atom is 0.255 e. The van der Waals surface area contributed by atoms with E-state index < -0.39 is 5.41 Å². The molecule has 0 spiro atoms. The van der Waals surface area contributed by atoms with Gasteiger partial charge in [-0.25, -0.2) is 0 Å². The second kappa shape index (κ2) is 9.60. The molecule has 33 heavy (non-hydrogen) atoms. The van der Waals surface area contributed by atoms with Gasteiger partial charge in [-0.2, -0.15) is 0 Å². The zero-order valence-electron chi connectivity index (χ0n) is 20.3. The van der Waals surface area contributed by atoms with Gasteiger partial charge in [0.05, 0.1) is 32.4 Å². The lowest BCUT2D eigenvalue weighted by atomic mass is 9.92. The van der Waals surface area contributed by atoms with E-state index in [1.54, 1.807) is 29.2 Å². The number of ether oxygens (including phenoxy) is 4. The summed E-state index contributed by atoms with van der Waals surface area (Å²) in [6, 6.07) is 8.48. The number of hydrogen-bond acceptors (Lipinski definition) is 6. The van der Waals surface area contributed by atoms with Gasteiger partial charge in [-0.3, -0.25) is 9.59 Å². The molecule has 8 heteroatoms. The van der Waals surface area contributed by atoms with Crippen LogP contribution in [0.3, 0.4) is 0 Å².